The highest BCUT2D eigenvalue weighted by Crippen LogP contribution is 2.16. The Morgan fingerprint density at radius 1 is 1.31 bits per heavy atom. The summed E-state index contributed by atoms with van der Waals surface area (Å²) in [6.45, 7) is 2.12. The molecule has 0 aromatic heterocycles. The van der Waals surface area contributed by atoms with E-state index in [1.165, 1.54) is 16.7 Å². The van der Waals surface area contributed by atoms with Gasteiger partial charge >= 0.3 is 0 Å². The Morgan fingerprint density at radius 3 is 2.69 bits per heavy atom. The third kappa shape index (κ3) is 3.32. The fourth-order valence-corrected chi connectivity index (χ4v) is 2.04. The van der Waals surface area contributed by atoms with Crippen LogP contribution in [-0.2, 0) is 11.8 Å². The quantitative estimate of drug-likeness (QED) is 0.717. The monoisotopic (exact) mass is 260 g/mol. The number of rotatable bonds is 4. The number of aryl methyl sites for hydroxylation is 2. The minimum atomic E-state index is 0.746. The molecule has 1 aromatic carbocycles. The molecular formula is C11H14BrCl. The standard InChI is InChI=1S/C11H14BrCl/c1-9-4-5-10(3-2-6-13)11(7-9)8-12/h4-5,7H,2-3,6,8H2,1H3. The molecule has 0 atom stereocenters. The average Bonchev–Trinajstić information content (AvgIpc) is 2.16. The van der Waals surface area contributed by atoms with Crippen LogP contribution in [0, 0.1) is 6.92 Å². The van der Waals surface area contributed by atoms with Crippen LogP contribution in [0.3, 0.4) is 0 Å². The number of halogens is 2. The Kier molecular flexibility index (Phi) is 4.82. The van der Waals surface area contributed by atoms with Gasteiger partial charge in [0.1, 0.15) is 0 Å². The van der Waals surface area contributed by atoms with Crippen LogP contribution in [0.1, 0.15) is 23.1 Å². The second-order valence-electron chi connectivity index (χ2n) is 3.20. The van der Waals surface area contributed by atoms with Crippen molar-refractivity contribution in [2.45, 2.75) is 25.1 Å². The van der Waals surface area contributed by atoms with Crippen LogP contribution in [0.5, 0.6) is 0 Å². The summed E-state index contributed by atoms with van der Waals surface area (Å²) in [5.74, 6) is 0.746. The van der Waals surface area contributed by atoms with Gasteiger partial charge in [-0.2, -0.15) is 0 Å². The van der Waals surface area contributed by atoms with Crippen molar-refractivity contribution in [1.82, 2.24) is 0 Å². The molecule has 0 spiro atoms. The lowest BCUT2D eigenvalue weighted by atomic mass is 10.0. The Morgan fingerprint density at radius 2 is 2.08 bits per heavy atom. The molecule has 0 N–H and O–H groups in total. The van der Waals surface area contributed by atoms with Crippen molar-refractivity contribution < 1.29 is 0 Å². The fourth-order valence-electron chi connectivity index (χ4n) is 1.38. The number of alkyl halides is 2. The topological polar surface area (TPSA) is 0 Å². The van der Waals surface area contributed by atoms with E-state index in [0.29, 0.717) is 0 Å². The predicted molar refractivity (Wildman–Crippen MR) is 62.9 cm³/mol. The van der Waals surface area contributed by atoms with E-state index in [9.17, 15) is 0 Å². The molecule has 0 saturated carbocycles. The summed E-state index contributed by atoms with van der Waals surface area (Å²) in [5.41, 5.74) is 4.14. The van der Waals surface area contributed by atoms with Crippen LogP contribution in [0.15, 0.2) is 18.2 Å². The average molecular weight is 262 g/mol. The highest BCUT2D eigenvalue weighted by molar-refractivity contribution is 9.08. The maximum Gasteiger partial charge on any atom is 0.0285 e. The van der Waals surface area contributed by atoms with E-state index in [0.717, 1.165) is 24.1 Å². The van der Waals surface area contributed by atoms with E-state index in [4.69, 9.17) is 11.6 Å². The molecule has 1 rings (SSSR count). The normalized spacial score (nSPS) is 10.4. The molecule has 72 valence electrons. The lowest BCUT2D eigenvalue weighted by Gasteiger charge is -2.07. The molecule has 0 radical (unpaired) electrons. The number of hydrogen-bond acceptors (Lipinski definition) is 0. The molecule has 0 amide bonds. The summed E-state index contributed by atoms with van der Waals surface area (Å²) >= 11 is 9.17. The summed E-state index contributed by atoms with van der Waals surface area (Å²) in [6, 6.07) is 6.60. The van der Waals surface area contributed by atoms with Gasteiger partial charge in [-0.05, 0) is 30.9 Å². The highest BCUT2D eigenvalue weighted by Gasteiger charge is 2.00. The summed E-state index contributed by atoms with van der Waals surface area (Å²) < 4.78 is 0. The van der Waals surface area contributed by atoms with E-state index in [1.807, 2.05) is 0 Å². The third-order valence-electron chi connectivity index (χ3n) is 2.09. The Hall–Kier alpha value is -0.0100. The van der Waals surface area contributed by atoms with Gasteiger partial charge in [0.05, 0.1) is 0 Å². The van der Waals surface area contributed by atoms with E-state index < -0.39 is 0 Å². The van der Waals surface area contributed by atoms with Crippen molar-refractivity contribution in [2.24, 2.45) is 0 Å². The smallest absolute Gasteiger partial charge is 0.0285 e. The zero-order chi connectivity index (χ0) is 9.68. The van der Waals surface area contributed by atoms with Crippen molar-refractivity contribution in [3.8, 4) is 0 Å². The van der Waals surface area contributed by atoms with E-state index in [-0.39, 0.29) is 0 Å². The van der Waals surface area contributed by atoms with Gasteiger partial charge in [0.15, 0.2) is 0 Å². The third-order valence-corrected chi connectivity index (χ3v) is 2.96. The first-order valence-electron chi connectivity index (χ1n) is 4.48. The van der Waals surface area contributed by atoms with Gasteiger partial charge < -0.3 is 0 Å². The lowest BCUT2D eigenvalue weighted by molar-refractivity contribution is 0.917. The zero-order valence-electron chi connectivity index (χ0n) is 7.82. The molecule has 0 saturated heterocycles. The van der Waals surface area contributed by atoms with Gasteiger partial charge in [-0.1, -0.05) is 39.7 Å². The SMILES string of the molecule is Cc1ccc(CCCCl)c(CBr)c1. The van der Waals surface area contributed by atoms with Crippen LogP contribution >= 0.6 is 27.5 Å². The zero-order valence-corrected chi connectivity index (χ0v) is 10.2. The van der Waals surface area contributed by atoms with Crippen LogP contribution < -0.4 is 0 Å². The predicted octanol–water partition coefficient (Wildman–Crippen LogP) is 4.06. The minimum Gasteiger partial charge on any atom is -0.127 e. The van der Waals surface area contributed by atoms with Gasteiger partial charge in [-0.25, -0.2) is 0 Å². The van der Waals surface area contributed by atoms with E-state index >= 15 is 0 Å². The van der Waals surface area contributed by atoms with E-state index in [1.54, 1.807) is 0 Å². The van der Waals surface area contributed by atoms with Gasteiger partial charge in [-0.15, -0.1) is 11.6 Å². The molecule has 0 fully saturated rings. The molecule has 0 unspecified atom stereocenters. The maximum atomic E-state index is 5.67. The number of hydrogen-bond donors (Lipinski definition) is 0. The largest absolute Gasteiger partial charge is 0.127 e. The first-order chi connectivity index (χ1) is 6.27. The highest BCUT2D eigenvalue weighted by atomic mass is 79.9. The fraction of sp³-hybridized carbons (Fsp3) is 0.455. The lowest BCUT2D eigenvalue weighted by Crippen LogP contribution is -1.93. The van der Waals surface area contributed by atoms with Gasteiger partial charge in [-0.3, -0.25) is 0 Å². The summed E-state index contributed by atoms with van der Waals surface area (Å²) in [7, 11) is 0. The Labute approximate surface area is 93.4 Å². The van der Waals surface area contributed by atoms with Crippen molar-refractivity contribution in [1.29, 1.82) is 0 Å². The molecule has 2 heteroatoms. The van der Waals surface area contributed by atoms with Gasteiger partial charge in [0.25, 0.3) is 0 Å². The van der Waals surface area contributed by atoms with Crippen LogP contribution in [-0.4, -0.2) is 5.88 Å². The summed E-state index contributed by atoms with van der Waals surface area (Å²) in [4.78, 5) is 0. The van der Waals surface area contributed by atoms with Crippen molar-refractivity contribution >= 4 is 27.5 Å². The second-order valence-corrected chi connectivity index (χ2v) is 4.14. The molecule has 1 aromatic rings. The second kappa shape index (κ2) is 5.66. The molecule has 0 heterocycles. The number of benzene rings is 1. The first kappa shape index (κ1) is 11.1. The molecular weight excluding hydrogens is 247 g/mol. The Bertz CT molecular complexity index is 271. The molecule has 0 aliphatic rings. The van der Waals surface area contributed by atoms with Crippen LogP contribution in [0.2, 0.25) is 0 Å². The molecule has 0 aliphatic heterocycles. The summed E-state index contributed by atoms with van der Waals surface area (Å²) in [5, 5.41) is 0.937. The van der Waals surface area contributed by atoms with Crippen LogP contribution in [0.25, 0.3) is 0 Å². The summed E-state index contributed by atoms with van der Waals surface area (Å²) in [6.07, 6.45) is 2.15. The van der Waals surface area contributed by atoms with Crippen LogP contribution in [0.4, 0.5) is 0 Å². The Balaban J connectivity index is 2.79. The molecule has 13 heavy (non-hydrogen) atoms. The maximum absolute atomic E-state index is 5.67. The van der Waals surface area contributed by atoms with Crippen molar-refractivity contribution in [3.63, 3.8) is 0 Å². The first-order valence-corrected chi connectivity index (χ1v) is 6.14. The van der Waals surface area contributed by atoms with Crippen molar-refractivity contribution in [3.05, 3.63) is 34.9 Å². The van der Waals surface area contributed by atoms with Gasteiger partial charge in [0.2, 0.25) is 0 Å². The molecule has 0 aliphatic carbocycles. The molecule has 0 bridgehead atoms. The van der Waals surface area contributed by atoms with Gasteiger partial charge in [0, 0.05) is 11.2 Å². The van der Waals surface area contributed by atoms with E-state index in [2.05, 4.69) is 41.1 Å². The molecule has 0 nitrogen and oxygen atoms in total. The minimum absolute atomic E-state index is 0.746. The van der Waals surface area contributed by atoms with Crippen molar-refractivity contribution in [2.75, 3.05) is 5.88 Å².